The van der Waals surface area contributed by atoms with Crippen LogP contribution in [0.2, 0.25) is 0 Å². The van der Waals surface area contributed by atoms with Crippen molar-refractivity contribution in [3.63, 3.8) is 0 Å². The first kappa shape index (κ1) is 14.8. The molecule has 116 valence electrons. The van der Waals surface area contributed by atoms with Crippen LogP contribution in [0.15, 0.2) is 50.8 Å². The van der Waals surface area contributed by atoms with Crippen molar-refractivity contribution in [3.05, 3.63) is 42.0 Å². The maximum Gasteiger partial charge on any atom is 0.196 e. The molecule has 1 unspecified atom stereocenters. The predicted octanol–water partition coefficient (Wildman–Crippen LogP) is 3.04. The maximum atomic E-state index is 5.22. The number of amidine groups is 1. The number of aliphatic imine (C=N–C) groups is 2. The molecule has 0 aliphatic carbocycles. The fourth-order valence-electron chi connectivity index (χ4n) is 2.66. The zero-order chi connectivity index (χ0) is 15.7. The lowest BCUT2D eigenvalue weighted by molar-refractivity contribution is 0.447. The summed E-state index contributed by atoms with van der Waals surface area (Å²) in [7, 11) is 0. The summed E-state index contributed by atoms with van der Waals surface area (Å²) in [4.78, 5) is 11.6. The molecule has 2 aliphatic rings. The van der Waals surface area contributed by atoms with Crippen LogP contribution >= 0.6 is 0 Å². The highest BCUT2D eigenvalue weighted by molar-refractivity contribution is 6.26. The number of nitrogens with zero attached hydrogens (tertiary/aromatic N) is 3. The van der Waals surface area contributed by atoms with E-state index in [1.54, 1.807) is 12.5 Å². The van der Waals surface area contributed by atoms with Crippen molar-refractivity contribution in [2.45, 2.75) is 40.0 Å². The van der Waals surface area contributed by atoms with Gasteiger partial charge in [-0.15, -0.1) is 0 Å². The van der Waals surface area contributed by atoms with Crippen molar-refractivity contribution in [3.8, 4) is 0 Å². The molecule has 0 fully saturated rings. The summed E-state index contributed by atoms with van der Waals surface area (Å²) in [6.07, 6.45) is 7.55. The molecule has 5 heteroatoms. The summed E-state index contributed by atoms with van der Waals surface area (Å²) in [5.41, 5.74) is 4.28. The Morgan fingerprint density at radius 1 is 1.36 bits per heavy atom. The molecule has 5 nitrogen and oxygen atoms in total. The molecule has 0 radical (unpaired) electrons. The van der Waals surface area contributed by atoms with Crippen molar-refractivity contribution in [2.75, 3.05) is 6.54 Å². The molecule has 1 aromatic rings. The lowest BCUT2D eigenvalue weighted by atomic mass is 9.97. The smallest absolute Gasteiger partial charge is 0.196 e. The highest BCUT2D eigenvalue weighted by Gasteiger charge is 2.28. The second-order valence-electron chi connectivity index (χ2n) is 5.75. The van der Waals surface area contributed by atoms with Crippen LogP contribution in [-0.2, 0) is 0 Å². The monoisotopic (exact) mass is 298 g/mol. The van der Waals surface area contributed by atoms with E-state index < -0.39 is 0 Å². The highest BCUT2D eigenvalue weighted by atomic mass is 16.3. The Hall–Kier alpha value is -2.14. The summed E-state index contributed by atoms with van der Waals surface area (Å²) in [6, 6.07) is 2.29. The lowest BCUT2D eigenvalue weighted by Crippen LogP contribution is -2.42. The van der Waals surface area contributed by atoms with Gasteiger partial charge in [-0.05, 0) is 39.5 Å². The van der Waals surface area contributed by atoms with Crippen molar-refractivity contribution < 1.29 is 4.42 Å². The lowest BCUT2D eigenvalue weighted by Gasteiger charge is -2.34. The molecule has 3 rings (SSSR count). The van der Waals surface area contributed by atoms with E-state index in [-0.39, 0.29) is 6.29 Å². The van der Waals surface area contributed by atoms with Crippen LogP contribution in [0.25, 0.3) is 5.57 Å². The molecule has 1 aromatic heterocycles. The van der Waals surface area contributed by atoms with Gasteiger partial charge in [-0.25, -0.2) is 9.98 Å². The summed E-state index contributed by atoms with van der Waals surface area (Å²) >= 11 is 0. The largest absolute Gasteiger partial charge is 0.472 e. The van der Waals surface area contributed by atoms with Crippen LogP contribution in [-0.4, -0.2) is 35.3 Å². The zero-order valence-electron chi connectivity index (χ0n) is 13.5. The molecule has 0 saturated carbocycles. The van der Waals surface area contributed by atoms with E-state index in [9.17, 15) is 0 Å². The Balaban J connectivity index is 2.04. The third kappa shape index (κ3) is 2.64. The van der Waals surface area contributed by atoms with Gasteiger partial charge in [0.2, 0.25) is 0 Å². The van der Waals surface area contributed by atoms with Crippen molar-refractivity contribution in [1.82, 2.24) is 10.2 Å². The number of rotatable bonds is 4. The summed E-state index contributed by atoms with van der Waals surface area (Å²) < 4.78 is 5.22. The first-order chi connectivity index (χ1) is 10.6. The van der Waals surface area contributed by atoms with Crippen molar-refractivity contribution >= 4 is 17.1 Å². The van der Waals surface area contributed by atoms with E-state index in [2.05, 4.69) is 48.3 Å². The quantitative estimate of drug-likeness (QED) is 0.929. The Kier molecular flexibility index (Phi) is 3.98. The van der Waals surface area contributed by atoms with E-state index >= 15 is 0 Å². The topological polar surface area (TPSA) is 53.1 Å². The molecule has 0 aromatic carbocycles. The fraction of sp³-hybridized carbons (Fsp3) is 0.412. The SMILES string of the molecule is CCNC1N=C(C)C2=CC(c3ccoc3)=CN(C(C)C)C2=N1. The Morgan fingerprint density at radius 3 is 2.82 bits per heavy atom. The molecule has 1 N–H and O–H groups in total. The molecule has 0 saturated heterocycles. The molecule has 0 amide bonds. The summed E-state index contributed by atoms with van der Waals surface area (Å²) in [5, 5.41) is 3.28. The van der Waals surface area contributed by atoms with Crippen molar-refractivity contribution in [1.29, 1.82) is 0 Å². The van der Waals surface area contributed by atoms with Gasteiger partial charge in [0.05, 0.1) is 12.5 Å². The van der Waals surface area contributed by atoms with Crippen LogP contribution < -0.4 is 5.32 Å². The van der Waals surface area contributed by atoms with Crippen LogP contribution in [0, 0.1) is 0 Å². The number of hydrogen-bond acceptors (Lipinski definition) is 5. The van der Waals surface area contributed by atoms with E-state index in [1.807, 2.05) is 13.0 Å². The van der Waals surface area contributed by atoms with Gasteiger partial charge in [-0.2, -0.15) is 0 Å². The van der Waals surface area contributed by atoms with Crippen LogP contribution in [0.4, 0.5) is 0 Å². The highest BCUT2D eigenvalue weighted by Crippen LogP contribution is 2.29. The molecule has 22 heavy (non-hydrogen) atoms. The maximum absolute atomic E-state index is 5.22. The van der Waals surface area contributed by atoms with Crippen LogP contribution in [0.5, 0.6) is 0 Å². The van der Waals surface area contributed by atoms with E-state index in [0.717, 1.165) is 34.8 Å². The molecular formula is C17H22N4O. The van der Waals surface area contributed by atoms with Gasteiger partial charge >= 0.3 is 0 Å². The fourth-order valence-corrected chi connectivity index (χ4v) is 2.66. The third-order valence-electron chi connectivity index (χ3n) is 3.81. The molecule has 3 heterocycles. The minimum absolute atomic E-state index is 0.192. The average molecular weight is 298 g/mol. The predicted molar refractivity (Wildman–Crippen MR) is 89.8 cm³/mol. The first-order valence-electron chi connectivity index (χ1n) is 7.71. The van der Waals surface area contributed by atoms with E-state index in [4.69, 9.17) is 9.41 Å². The minimum Gasteiger partial charge on any atom is -0.472 e. The van der Waals surface area contributed by atoms with Gasteiger partial charge in [-0.1, -0.05) is 6.92 Å². The number of allylic oxidation sites excluding steroid dienone is 2. The second kappa shape index (κ2) is 5.93. The number of furan rings is 1. The molecule has 2 aliphatic heterocycles. The third-order valence-corrected chi connectivity index (χ3v) is 3.81. The van der Waals surface area contributed by atoms with E-state index in [0.29, 0.717) is 6.04 Å². The van der Waals surface area contributed by atoms with E-state index in [1.165, 1.54) is 0 Å². The standard InChI is InChI=1S/C17H22N4O/c1-5-18-17-19-12(4)15-8-14(13-6-7-22-10-13)9-21(11(2)3)16(15)20-17/h6-11,17-18H,5H2,1-4H3. The van der Waals surface area contributed by atoms with Gasteiger partial charge in [0.25, 0.3) is 0 Å². The average Bonchev–Trinajstić information content (AvgIpc) is 3.01. The first-order valence-corrected chi connectivity index (χ1v) is 7.71. The molecule has 1 atom stereocenters. The summed E-state index contributed by atoms with van der Waals surface area (Å²) in [6.45, 7) is 9.28. The molecular weight excluding hydrogens is 276 g/mol. The number of nitrogens with one attached hydrogen (secondary N) is 1. The summed E-state index contributed by atoms with van der Waals surface area (Å²) in [5.74, 6) is 0.987. The Bertz CT molecular complexity index is 665. The van der Waals surface area contributed by atoms with Crippen molar-refractivity contribution in [2.24, 2.45) is 9.98 Å². The molecule has 0 spiro atoms. The Morgan fingerprint density at radius 2 is 2.18 bits per heavy atom. The van der Waals surface area contributed by atoms with Gasteiger partial charge in [-0.3, -0.25) is 5.32 Å². The van der Waals surface area contributed by atoms with Crippen LogP contribution in [0.1, 0.15) is 33.3 Å². The molecule has 0 bridgehead atoms. The second-order valence-corrected chi connectivity index (χ2v) is 5.75. The number of fused-ring (bicyclic) bond motifs is 1. The zero-order valence-corrected chi connectivity index (χ0v) is 13.5. The minimum atomic E-state index is -0.192. The van der Waals surface area contributed by atoms with Gasteiger partial charge in [0.1, 0.15) is 5.84 Å². The normalized spacial score (nSPS) is 21.1. The Labute approximate surface area is 131 Å². The van der Waals surface area contributed by atoms with Gasteiger partial charge in [0, 0.05) is 34.7 Å². The van der Waals surface area contributed by atoms with Gasteiger partial charge < -0.3 is 9.32 Å². The van der Waals surface area contributed by atoms with Crippen LogP contribution in [0.3, 0.4) is 0 Å². The van der Waals surface area contributed by atoms with Gasteiger partial charge in [0.15, 0.2) is 6.29 Å². The number of hydrogen-bond donors (Lipinski definition) is 1.